The van der Waals surface area contributed by atoms with E-state index in [0.717, 1.165) is 27.2 Å². The molecule has 0 saturated carbocycles. The van der Waals surface area contributed by atoms with E-state index >= 15 is 0 Å². The lowest BCUT2D eigenvalue weighted by atomic mass is 10.1. The zero-order valence-electron chi connectivity index (χ0n) is 16.9. The van der Waals surface area contributed by atoms with E-state index in [1.807, 2.05) is 24.3 Å². The summed E-state index contributed by atoms with van der Waals surface area (Å²) in [5.74, 6) is 2.49. The molecule has 29 heavy (non-hydrogen) atoms. The first-order valence-electron chi connectivity index (χ1n) is 9.14. The number of rotatable bonds is 8. The maximum atomic E-state index is 12.4. The Labute approximate surface area is 174 Å². The fourth-order valence-electron chi connectivity index (χ4n) is 2.97. The minimum Gasteiger partial charge on any atom is -0.497 e. The molecule has 0 radical (unpaired) electrons. The summed E-state index contributed by atoms with van der Waals surface area (Å²) >= 11 is 1.54. The van der Waals surface area contributed by atoms with Gasteiger partial charge in [-0.2, -0.15) is 0 Å². The van der Waals surface area contributed by atoms with E-state index in [-0.39, 0.29) is 5.91 Å². The van der Waals surface area contributed by atoms with Gasteiger partial charge in [-0.25, -0.2) is 4.98 Å². The van der Waals surface area contributed by atoms with Crippen LogP contribution in [0.3, 0.4) is 0 Å². The number of fused-ring (bicyclic) bond motifs is 1. The van der Waals surface area contributed by atoms with Crippen LogP contribution in [-0.2, 0) is 4.79 Å². The minimum atomic E-state index is -0.0980. The number of carbonyl (C=O) groups is 1. The molecular formula is C22H24N2O4S. The summed E-state index contributed by atoms with van der Waals surface area (Å²) in [6.45, 7) is 2.05. The Bertz CT molecular complexity index is 1020. The zero-order chi connectivity index (χ0) is 20.8. The normalized spacial score (nSPS) is 10.6. The number of ether oxygens (including phenoxy) is 3. The van der Waals surface area contributed by atoms with Crippen molar-refractivity contribution in [2.75, 3.05) is 32.4 Å². The fraction of sp³-hybridized carbons (Fsp3) is 0.273. The Morgan fingerprint density at radius 3 is 2.55 bits per heavy atom. The number of hydrogen-bond acceptors (Lipinski definition) is 6. The number of para-hydroxylation sites is 1. The third kappa shape index (κ3) is 4.92. The van der Waals surface area contributed by atoms with E-state index in [1.165, 1.54) is 0 Å². The van der Waals surface area contributed by atoms with E-state index in [1.54, 1.807) is 51.3 Å². The SMILES string of the molecule is COc1ccc(OC)c(NC(=O)CCSc2cc(C)c3cccc(OC)c3n2)c1. The number of hydrogen-bond donors (Lipinski definition) is 1. The maximum absolute atomic E-state index is 12.4. The second-order valence-corrected chi connectivity index (χ2v) is 7.46. The van der Waals surface area contributed by atoms with Crippen LogP contribution in [0, 0.1) is 6.92 Å². The first kappa shape index (κ1) is 20.8. The third-order valence-corrected chi connectivity index (χ3v) is 5.38. The van der Waals surface area contributed by atoms with Crippen molar-refractivity contribution in [1.29, 1.82) is 0 Å². The number of aromatic nitrogens is 1. The van der Waals surface area contributed by atoms with Crippen LogP contribution in [0.2, 0.25) is 0 Å². The van der Waals surface area contributed by atoms with Crippen LogP contribution in [0.15, 0.2) is 47.5 Å². The van der Waals surface area contributed by atoms with E-state index in [2.05, 4.69) is 12.2 Å². The number of nitrogens with one attached hydrogen (secondary N) is 1. The van der Waals surface area contributed by atoms with E-state index in [4.69, 9.17) is 19.2 Å². The molecule has 0 bridgehead atoms. The van der Waals surface area contributed by atoms with Crippen molar-refractivity contribution < 1.29 is 19.0 Å². The predicted octanol–water partition coefficient (Wildman–Crippen LogP) is 4.69. The second-order valence-electron chi connectivity index (χ2n) is 6.35. The number of pyridine rings is 1. The number of amides is 1. The largest absolute Gasteiger partial charge is 0.497 e. The summed E-state index contributed by atoms with van der Waals surface area (Å²) in [6.07, 6.45) is 0.343. The van der Waals surface area contributed by atoms with Crippen molar-refractivity contribution in [3.63, 3.8) is 0 Å². The van der Waals surface area contributed by atoms with Gasteiger partial charge in [-0.1, -0.05) is 12.1 Å². The molecule has 1 heterocycles. The van der Waals surface area contributed by atoms with Crippen molar-refractivity contribution in [1.82, 2.24) is 4.98 Å². The molecule has 1 N–H and O–H groups in total. The van der Waals surface area contributed by atoms with Crippen molar-refractivity contribution in [2.45, 2.75) is 18.4 Å². The number of benzene rings is 2. The Balaban J connectivity index is 1.65. The summed E-state index contributed by atoms with van der Waals surface area (Å²) in [5.41, 5.74) is 2.55. The van der Waals surface area contributed by atoms with Gasteiger partial charge >= 0.3 is 0 Å². The molecule has 3 aromatic rings. The van der Waals surface area contributed by atoms with Crippen molar-refractivity contribution in [3.8, 4) is 17.2 Å². The topological polar surface area (TPSA) is 69.7 Å². The molecule has 2 aromatic carbocycles. The molecule has 0 aliphatic heterocycles. The van der Waals surface area contributed by atoms with E-state index in [9.17, 15) is 4.79 Å². The molecule has 0 spiro atoms. The number of methoxy groups -OCH3 is 3. The van der Waals surface area contributed by atoms with Crippen LogP contribution in [-0.4, -0.2) is 38.0 Å². The predicted molar refractivity (Wildman–Crippen MR) is 117 cm³/mol. The molecule has 152 valence electrons. The highest BCUT2D eigenvalue weighted by atomic mass is 32.2. The number of thioether (sulfide) groups is 1. The number of carbonyl (C=O) groups excluding carboxylic acids is 1. The van der Waals surface area contributed by atoms with Gasteiger partial charge in [0.05, 0.1) is 32.0 Å². The van der Waals surface area contributed by atoms with Gasteiger partial charge in [0.25, 0.3) is 0 Å². The Morgan fingerprint density at radius 2 is 1.83 bits per heavy atom. The average Bonchev–Trinajstić information content (AvgIpc) is 2.73. The third-order valence-electron chi connectivity index (χ3n) is 4.47. The van der Waals surface area contributed by atoms with E-state index < -0.39 is 0 Å². The molecule has 0 saturated heterocycles. The number of nitrogens with zero attached hydrogens (tertiary/aromatic N) is 1. The Kier molecular flexibility index (Phi) is 6.82. The second kappa shape index (κ2) is 9.52. The van der Waals surface area contributed by atoms with Crippen molar-refractivity contribution >= 4 is 34.3 Å². The maximum Gasteiger partial charge on any atom is 0.225 e. The molecular weight excluding hydrogens is 388 g/mol. The highest BCUT2D eigenvalue weighted by Gasteiger charge is 2.11. The summed E-state index contributed by atoms with van der Waals surface area (Å²) in [6, 6.07) is 13.2. The van der Waals surface area contributed by atoms with Gasteiger partial charge in [-0.05, 0) is 36.8 Å². The van der Waals surface area contributed by atoms with Crippen LogP contribution in [0.4, 0.5) is 5.69 Å². The lowest BCUT2D eigenvalue weighted by molar-refractivity contribution is -0.115. The van der Waals surface area contributed by atoms with Gasteiger partial charge < -0.3 is 19.5 Å². The van der Waals surface area contributed by atoms with Gasteiger partial charge in [-0.3, -0.25) is 4.79 Å². The average molecular weight is 413 g/mol. The van der Waals surface area contributed by atoms with Crippen LogP contribution in [0.25, 0.3) is 10.9 Å². The monoisotopic (exact) mass is 412 g/mol. The Morgan fingerprint density at radius 1 is 1.03 bits per heavy atom. The van der Waals surface area contributed by atoms with Gasteiger partial charge in [0.15, 0.2) is 0 Å². The molecule has 6 nitrogen and oxygen atoms in total. The first-order chi connectivity index (χ1) is 14.0. The quantitative estimate of drug-likeness (QED) is 0.541. The molecule has 3 rings (SSSR count). The van der Waals surface area contributed by atoms with Gasteiger partial charge in [0.1, 0.15) is 22.8 Å². The lowest BCUT2D eigenvalue weighted by Gasteiger charge is -2.12. The van der Waals surface area contributed by atoms with Gasteiger partial charge in [0, 0.05) is 23.6 Å². The highest BCUT2D eigenvalue weighted by Crippen LogP contribution is 2.31. The molecule has 0 unspecified atom stereocenters. The molecule has 0 fully saturated rings. The molecule has 0 atom stereocenters. The summed E-state index contributed by atoms with van der Waals surface area (Å²) < 4.78 is 15.9. The van der Waals surface area contributed by atoms with E-state index in [0.29, 0.717) is 29.4 Å². The van der Waals surface area contributed by atoms with Crippen molar-refractivity contribution in [2.24, 2.45) is 0 Å². The Hall–Kier alpha value is -2.93. The van der Waals surface area contributed by atoms with Crippen LogP contribution in [0.5, 0.6) is 17.2 Å². The van der Waals surface area contributed by atoms with Crippen LogP contribution in [0.1, 0.15) is 12.0 Å². The lowest BCUT2D eigenvalue weighted by Crippen LogP contribution is -2.13. The van der Waals surface area contributed by atoms with Crippen molar-refractivity contribution in [3.05, 3.63) is 48.0 Å². The molecule has 1 amide bonds. The van der Waals surface area contributed by atoms with Gasteiger partial charge in [-0.15, -0.1) is 11.8 Å². The molecule has 0 aliphatic rings. The van der Waals surface area contributed by atoms with Crippen LogP contribution >= 0.6 is 11.8 Å². The molecule has 1 aromatic heterocycles. The van der Waals surface area contributed by atoms with Gasteiger partial charge in [0.2, 0.25) is 5.91 Å². The smallest absolute Gasteiger partial charge is 0.225 e. The summed E-state index contributed by atoms with van der Waals surface area (Å²) in [7, 11) is 4.79. The molecule has 0 aliphatic carbocycles. The standard InChI is InChI=1S/C22H24N2O4S/c1-14-12-21(24-22-16(14)6-5-7-19(22)28-4)29-11-10-20(25)23-17-13-15(26-2)8-9-18(17)27-3/h5-9,12-13H,10-11H2,1-4H3,(H,23,25). The number of aryl methyl sites for hydroxylation is 1. The number of anilines is 1. The summed E-state index contributed by atoms with van der Waals surface area (Å²) in [4.78, 5) is 17.1. The fourth-order valence-corrected chi connectivity index (χ4v) is 3.89. The van der Waals surface area contributed by atoms with Crippen LogP contribution < -0.4 is 19.5 Å². The zero-order valence-corrected chi connectivity index (χ0v) is 17.8. The minimum absolute atomic E-state index is 0.0980. The first-order valence-corrected chi connectivity index (χ1v) is 10.1. The molecule has 7 heteroatoms. The summed E-state index contributed by atoms with van der Waals surface area (Å²) in [5, 5.41) is 4.82. The highest BCUT2D eigenvalue weighted by molar-refractivity contribution is 7.99.